The molecular weight excluding hydrogens is 394 g/mol. The van der Waals surface area contributed by atoms with E-state index in [-0.39, 0.29) is 18.9 Å². The van der Waals surface area contributed by atoms with Crippen molar-refractivity contribution < 1.29 is 23.9 Å². The van der Waals surface area contributed by atoms with Gasteiger partial charge in [0.2, 0.25) is 5.91 Å². The van der Waals surface area contributed by atoms with Crippen molar-refractivity contribution in [3.05, 3.63) is 40.8 Å². The molecule has 0 aliphatic carbocycles. The van der Waals surface area contributed by atoms with Crippen LogP contribution in [0.5, 0.6) is 5.75 Å². The van der Waals surface area contributed by atoms with Gasteiger partial charge in [-0.1, -0.05) is 6.07 Å². The summed E-state index contributed by atoms with van der Waals surface area (Å²) in [6, 6.07) is 9.02. The number of benzene rings is 1. The first kappa shape index (κ1) is 20.4. The third kappa shape index (κ3) is 4.55. The molecule has 1 saturated heterocycles. The van der Waals surface area contributed by atoms with Crippen molar-refractivity contribution in [2.75, 3.05) is 30.5 Å². The highest BCUT2D eigenvalue weighted by Crippen LogP contribution is 2.34. The first-order valence-electron chi connectivity index (χ1n) is 8.82. The third-order valence-corrected chi connectivity index (χ3v) is 5.30. The molecule has 150 valence electrons. The number of hydrogen-bond acceptors (Lipinski definition) is 7. The topological polar surface area (TPSA) is 109 Å². The van der Waals surface area contributed by atoms with Crippen molar-refractivity contribution in [1.82, 2.24) is 0 Å². The number of rotatable bonds is 6. The number of nitrogens with one attached hydrogen (secondary N) is 1. The molecule has 0 spiro atoms. The number of carbonyl (C=O) groups excluding carboxylic acids is 3. The molecule has 9 heteroatoms. The molecule has 0 unspecified atom stereocenters. The fraction of sp³-hybridized carbons (Fsp3) is 0.300. The molecule has 2 aromatic rings. The minimum Gasteiger partial charge on any atom is -0.495 e. The summed E-state index contributed by atoms with van der Waals surface area (Å²) in [5.74, 6) is -1.50. The lowest BCUT2D eigenvalue weighted by Crippen LogP contribution is -2.28. The van der Waals surface area contributed by atoms with Gasteiger partial charge in [-0.2, -0.15) is 5.26 Å². The molecule has 0 bridgehead atoms. The Kier molecular flexibility index (Phi) is 6.14. The van der Waals surface area contributed by atoms with E-state index in [4.69, 9.17) is 14.7 Å². The lowest BCUT2D eigenvalue weighted by atomic mass is 10.1. The van der Waals surface area contributed by atoms with Crippen molar-refractivity contribution in [2.24, 2.45) is 5.92 Å². The van der Waals surface area contributed by atoms with E-state index in [0.717, 1.165) is 5.56 Å². The van der Waals surface area contributed by atoms with E-state index < -0.39 is 24.4 Å². The lowest BCUT2D eigenvalue weighted by Gasteiger charge is -2.20. The Morgan fingerprint density at radius 2 is 2.17 bits per heavy atom. The smallest absolute Gasteiger partial charge is 0.311 e. The highest BCUT2D eigenvalue weighted by molar-refractivity contribution is 7.14. The third-order valence-electron chi connectivity index (χ3n) is 4.47. The van der Waals surface area contributed by atoms with Crippen molar-refractivity contribution in [2.45, 2.75) is 13.3 Å². The van der Waals surface area contributed by atoms with Crippen LogP contribution in [0.3, 0.4) is 0 Å². The van der Waals surface area contributed by atoms with Crippen LogP contribution in [0.15, 0.2) is 29.6 Å². The van der Waals surface area contributed by atoms with E-state index >= 15 is 0 Å². The van der Waals surface area contributed by atoms with Crippen molar-refractivity contribution in [3.8, 4) is 11.8 Å². The molecule has 1 aliphatic heterocycles. The highest BCUT2D eigenvalue weighted by atomic mass is 32.1. The van der Waals surface area contributed by atoms with Gasteiger partial charge in [0, 0.05) is 13.0 Å². The lowest BCUT2D eigenvalue weighted by molar-refractivity contribution is -0.151. The van der Waals surface area contributed by atoms with E-state index in [1.807, 2.05) is 25.1 Å². The number of nitrogens with zero attached hydrogens (tertiary/aromatic N) is 2. The molecule has 1 N–H and O–H groups in total. The molecule has 2 heterocycles. The Labute approximate surface area is 171 Å². The molecule has 1 aromatic carbocycles. The molecule has 0 radical (unpaired) electrons. The van der Waals surface area contributed by atoms with Crippen LogP contribution >= 0.6 is 11.3 Å². The van der Waals surface area contributed by atoms with Crippen molar-refractivity contribution >= 4 is 39.8 Å². The summed E-state index contributed by atoms with van der Waals surface area (Å²) in [7, 11) is 1.52. The molecule has 1 fully saturated rings. The summed E-state index contributed by atoms with van der Waals surface area (Å²) in [6.45, 7) is 1.57. The zero-order valence-electron chi connectivity index (χ0n) is 15.9. The highest BCUT2D eigenvalue weighted by Gasteiger charge is 2.37. The Hall–Kier alpha value is -3.38. The van der Waals surface area contributed by atoms with E-state index in [9.17, 15) is 14.4 Å². The number of anilines is 2. The standard InChI is InChI=1S/C20H19N3O5S/c1-12-3-4-16(27-2)15(7-12)23-10-14(8-18(23)25)20(26)28-11-17(24)22-19-13(9-21)5-6-29-19/h3-7,14H,8,10-11H2,1-2H3,(H,22,24)/t14-/m0/s1. The molecule has 3 rings (SSSR count). The Balaban J connectivity index is 1.59. The van der Waals surface area contributed by atoms with Gasteiger partial charge in [0.05, 0.1) is 24.3 Å². The number of amides is 2. The van der Waals surface area contributed by atoms with Gasteiger partial charge in [0.15, 0.2) is 6.61 Å². The maximum atomic E-state index is 12.4. The second-order valence-corrected chi connectivity index (χ2v) is 7.43. The molecule has 1 aliphatic rings. The monoisotopic (exact) mass is 413 g/mol. The largest absolute Gasteiger partial charge is 0.495 e. The molecule has 1 atom stereocenters. The number of nitriles is 1. The number of esters is 1. The van der Waals surface area contributed by atoms with Crippen LogP contribution in [-0.4, -0.2) is 38.0 Å². The van der Waals surface area contributed by atoms with Crippen LogP contribution in [0.1, 0.15) is 17.5 Å². The number of thiophene rings is 1. The number of methoxy groups -OCH3 is 1. The van der Waals surface area contributed by atoms with Crippen LogP contribution in [0, 0.1) is 24.2 Å². The van der Waals surface area contributed by atoms with E-state index in [1.54, 1.807) is 17.5 Å². The van der Waals surface area contributed by atoms with Gasteiger partial charge in [0.1, 0.15) is 16.8 Å². The molecule has 2 amide bonds. The molecule has 29 heavy (non-hydrogen) atoms. The zero-order valence-corrected chi connectivity index (χ0v) is 16.7. The SMILES string of the molecule is COc1ccc(C)cc1N1C[C@@H](C(=O)OCC(=O)Nc2sccc2C#N)CC1=O. The molecule has 8 nitrogen and oxygen atoms in total. The molecular formula is C20H19N3O5S. The number of hydrogen-bond donors (Lipinski definition) is 1. The summed E-state index contributed by atoms with van der Waals surface area (Å²) in [5.41, 5.74) is 1.91. The first-order chi connectivity index (χ1) is 13.9. The van der Waals surface area contributed by atoms with Gasteiger partial charge in [-0.15, -0.1) is 11.3 Å². The fourth-order valence-electron chi connectivity index (χ4n) is 3.02. The van der Waals surface area contributed by atoms with Crippen LogP contribution in [0.25, 0.3) is 0 Å². The summed E-state index contributed by atoms with van der Waals surface area (Å²) in [5, 5.41) is 13.6. The van der Waals surface area contributed by atoms with Crippen LogP contribution in [-0.2, 0) is 19.1 Å². The molecule has 1 aromatic heterocycles. The van der Waals surface area contributed by atoms with E-state index in [1.165, 1.54) is 23.3 Å². The summed E-state index contributed by atoms with van der Waals surface area (Å²) >= 11 is 1.21. The predicted octanol–water partition coefficient (Wildman–Crippen LogP) is 2.47. The predicted molar refractivity (Wildman–Crippen MR) is 107 cm³/mol. The first-order valence-corrected chi connectivity index (χ1v) is 9.70. The van der Waals surface area contributed by atoms with Gasteiger partial charge in [0.25, 0.3) is 5.91 Å². The number of carbonyl (C=O) groups is 3. The Morgan fingerprint density at radius 1 is 1.38 bits per heavy atom. The fourth-order valence-corrected chi connectivity index (χ4v) is 3.77. The Bertz CT molecular complexity index is 994. The van der Waals surface area contributed by atoms with Crippen LogP contribution < -0.4 is 15.0 Å². The van der Waals surface area contributed by atoms with Crippen LogP contribution in [0.4, 0.5) is 10.7 Å². The van der Waals surface area contributed by atoms with Gasteiger partial charge in [-0.05, 0) is 36.1 Å². The number of aryl methyl sites for hydroxylation is 1. The van der Waals surface area contributed by atoms with Crippen molar-refractivity contribution in [3.63, 3.8) is 0 Å². The minimum absolute atomic E-state index is 0.00105. The van der Waals surface area contributed by atoms with Crippen molar-refractivity contribution in [1.29, 1.82) is 5.26 Å². The average molecular weight is 413 g/mol. The average Bonchev–Trinajstić information content (AvgIpc) is 3.32. The summed E-state index contributed by atoms with van der Waals surface area (Å²) in [6.07, 6.45) is 0.00105. The van der Waals surface area contributed by atoms with Gasteiger partial charge in [-0.25, -0.2) is 0 Å². The quantitative estimate of drug-likeness (QED) is 0.729. The van der Waals surface area contributed by atoms with E-state index in [2.05, 4.69) is 5.32 Å². The Morgan fingerprint density at radius 3 is 2.90 bits per heavy atom. The van der Waals surface area contributed by atoms with Gasteiger partial charge >= 0.3 is 5.97 Å². The maximum absolute atomic E-state index is 12.4. The maximum Gasteiger partial charge on any atom is 0.311 e. The van der Waals surface area contributed by atoms with E-state index in [0.29, 0.717) is 22.0 Å². The van der Waals surface area contributed by atoms with Gasteiger partial charge in [-0.3, -0.25) is 14.4 Å². The summed E-state index contributed by atoms with van der Waals surface area (Å²) in [4.78, 5) is 38.3. The number of ether oxygens (including phenoxy) is 2. The second kappa shape index (κ2) is 8.75. The van der Waals surface area contributed by atoms with Gasteiger partial charge < -0.3 is 19.7 Å². The van der Waals surface area contributed by atoms with Crippen LogP contribution in [0.2, 0.25) is 0 Å². The zero-order chi connectivity index (χ0) is 21.0. The summed E-state index contributed by atoms with van der Waals surface area (Å²) < 4.78 is 10.4. The normalized spacial score (nSPS) is 15.7. The minimum atomic E-state index is -0.670. The second-order valence-electron chi connectivity index (χ2n) is 6.51. The molecule has 0 saturated carbocycles.